The van der Waals surface area contributed by atoms with Crippen molar-refractivity contribution < 1.29 is 14.6 Å². The van der Waals surface area contributed by atoms with E-state index in [1.165, 1.54) is 0 Å². The van der Waals surface area contributed by atoms with Gasteiger partial charge in [0.1, 0.15) is 11.8 Å². The summed E-state index contributed by atoms with van der Waals surface area (Å²) in [6.45, 7) is 0. The summed E-state index contributed by atoms with van der Waals surface area (Å²) in [4.78, 5) is 11.1. The number of hydrogen-bond acceptors (Lipinski definition) is 3. The Kier molecular flexibility index (Phi) is 3.64. The van der Waals surface area contributed by atoms with E-state index in [1.54, 1.807) is 7.11 Å². The smallest absolute Gasteiger partial charge is 0.321 e. The van der Waals surface area contributed by atoms with Crippen LogP contribution in [-0.2, 0) is 11.2 Å². The predicted molar refractivity (Wildman–Crippen MR) is 64.3 cm³/mol. The Morgan fingerprint density at radius 3 is 2.59 bits per heavy atom. The Balaban J connectivity index is 1.97. The average molecular weight is 235 g/mol. The fraction of sp³-hybridized carbons (Fsp3) is 0.462. The molecule has 0 amide bonds. The Labute approximate surface area is 101 Å². The van der Waals surface area contributed by atoms with E-state index in [1.807, 2.05) is 24.3 Å². The summed E-state index contributed by atoms with van der Waals surface area (Å²) in [6, 6.07) is 7.42. The zero-order chi connectivity index (χ0) is 12.3. The number of rotatable bonds is 6. The molecule has 1 unspecified atom stereocenters. The topological polar surface area (TPSA) is 58.6 Å². The van der Waals surface area contributed by atoms with Gasteiger partial charge in [-0.2, -0.15) is 0 Å². The molecule has 0 aliphatic heterocycles. The van der Waals surface area contributed by atoms with Crippen LogP contribution < -0.4 is 10.1 Å². The number of nitrogens with one attached hydrogen (secondary N) is 1. The van der Waals surface area contributed by atoms with Gasteiger partial charge in [-0.15, -0.1) is 0 Å². The van der Waals surface area contributed by atoms with Gasteiger partial charge in [0, 0.05) is 6.04 Å². The van der Waals surface area contributed by atoms with Crippen molar-refractivity contribution in [3.05, 3.63) is 29.8 Å². The third-order valence-corrected chi connectivity index (χ3v) is 2.91. The van der Waals surface area contributed by atoms with Crippen LogP contribution in [-0.4, -0.2) is 30.3 Å². The summed E-state index contributed by atoms with van der Waals surface area (Å²) < 4.78 is 5.06. The van der Waals surface area contributed by atoms with Crippen molar-refractivity contribution >= 4 is 5.97 Å². The van der Waals surface area contributed by atoms with Crippen LogP contribution in [0.2, 0.25) is 0 Å². The molecule has 1 fully saturated rings. The van der Waals surface area contributed by atoms with Crippen molar-refractivity contribution in [2.45, 2.75) is 31.3 Å². The van der Waals surface area contributed by atoms with Crippen LogP contribution in [0.15, 0.2) is 24.3 Å². The van der Waals surface area contributed by atoms with Gasteiger partial charge in [-0.25, -0.2) is 0 Å². The number of aliphatic carboxylic acids is 1. The molecular weight excluding hydrogens is 218 g/mol. The first-order valence-corrected chi connectivity index (χ1v) is 5.81. The molecule has 1 aliphatic rings. The van der Waals surface area contributed by atoms with Gasteiger partial charge in [-0.1, -0.05) is 12.1 Å². The van der Waals surface area contributed by atoms with Crippen molar-refractivity contribution in [3.63, 3.8) is 0 Å². The van der Waals surface area contributed by atoms with E-state index in [-0.39, 0.29) is 0 Å². The van der Waals surface area contributed by atoms with Crippen LogP contribution >= 0.6 is 0 Å². The Morgan fingerprint density at radius 1 is 1.47 bits per heavy atom. The van der Waals surface area contributed by atoms with Crippen LogP contribution in [0.4, 0.5) is 0 Å². The van der Waals surface area contributed by atoms with Crippen molar-refractivity contribution in [2.75, 3.05) is 7.11 Å². The molecular formula is C13H17NO3. The third kappa shape index (κ3) is 3.46. The molecule has 4 heteroatoms. The summed E-state index contributed by atoms with van der Waals surface area (Å²) in [5, 5.41) is 12.3. The van der Waals surface area contributed by atoms with Gasteiger partial charge >= 0.3 is 5.97 Å². The van der Waals surface area contributed by atoms with Gasteiger partial charge in [0.05, 0.1) is 7.11 Å². The van der Waals surface area contributed by atoms with Gasteiger partial charge in [-0.3, -0.25) is 4.79 Å². The molecule has 1 aliphatic carbocycles. The fourth-order valence-corrected chi connectivity index (χ4v) is 1.75. The molecule has 4 nitrogen and oxygen atoms in total. The monoisotopic (exact) mass is 235 g/mol. The second kappa shape index (κ2) is 5.19. The van der Waals surface area contributed by atoms with Gasteiger partial charge in [-0.05, 0) is 37.0 Å². The van der Waals surface area contributed by atoms with Crippen molar-refractivity contribution in [1.82, 2.24) is 5.32 Å². The number of hydrogen-bond donors (Lipinski definition) is 2. The number of benzene rings is 1. The maximum absolute atomic E-state index is 11.1. The van der Waals surface area contributed by atoms with Gasteiger partial charge in [0.15, 0.2) is 0 Å². The number of methoxy groups -OCH3 is 1. The Morgan fingerprint density at radius 2 is 2.12 bits per heavy atom. The lowest BCUT2D eigenvalue weighted by atomic mass is 10.1. The molecule has 0 saturated heterocycles. The van der Waals surface area contributed by atoms with E-state index in [9.17, 15) is 4.79 Å². The maximum atomic E-state index is 11.1. The maximum Gasteiger partial charge on any atom is 0.321 e. The van der Waals surface area contributed by atoms with E-state index < -0.39 is 12.0 Å². The summed E-state index contributed by atoms with van der Waals surface area (Å²) in [6.07, 6.45) is 2.69. The van der Waals surface area contributed by atoms with Crippen LogP contribution in [0.1, 0.15) is 18.4 Å². The summed E-state index contributed by atoms with van der Waals surface area (Å²) in [5.74, 6) is 0.00324. The fourth-order valence-electron chi connectivity index (χ4n) is 1.75. The third-order valence-electron chi connectivity index (χ3n) is 2.91. The summed E-state index contributed by atoms with van der Waals surface area (Å²) >= 11 is 0. The zero-order valence-corrected chi connectivity index (χ0v) is 9.85. The highest BCUT2D eigenvalue weighted by atomic mass is 16.5. The predicted octanol–water partition coefficient (Wildman–Crippen LogP) is 1.44. The first-order valence-electron chi connectivity index (χ1n) is 5.81. The van der Waals surface area contributed by atoms with Gasteiger partial charge < -0.3 is 15.2 Å². The number of carbonyl (C=O) groups is 1. The summed E-state index contributed by atoms with van der Waals surface area (Å²) in [7, 11) is 1.61. The lowest BCUT2D eigenvalue weighted by molar-refractivity contribution is -0.139. The molecule has 1 atom stereocenters. The molecule has 92 valence electrons. The highest BCUT2D eigenvalue weighted by Gasteiger charge is 2.28. The second-order valence-electron chi connectivity index (χ2n) is 4.38. The largest absolute Gasteiger partial charge is 0.497 e. The molecule has 17 heavy (non-hydrogen) atoms. The lowest BCUT2D eigenvalue weighted by Crippen LogP contribution is -2.39. The van der Waals surface area contributed by atoms with Crippen molar-refractivity contribution in [2.24, 2.45) is 0 Å². The standard InChI is InChI=1S/C13H17NO3/c1-17-11-6-2-9(3-7-11)8-12(13(15)16)14-10-4-5-10/h2-3,6-7,10,12,14H,4-5,8H2,1H3,(H,15,16). The first kappa shape index (κ1) is 11.9. The molecule has 0 radical (unpaired) electrons. The molecule has 2 rings (SSSR count). The highest BCUT2D eigenvalue weighted by Crippen LogP contribution is 2.20. The van der Waals surface area contributed by atoms with Gasteiger partial charge in [0.25, 0.3) is 0 Å². The normalized spacial score (nSPS) is 16.5. The molecule has 0 spiro atoms. The van der Waals surface area contributed by atoms with Crippen LogP contribution in [0.3, 0.4) is 0 Å². The SMILES string of the molecule is COc1ccc(CC(NC2CC2)C(=O)O)cc1. The highest BCUT2D eigenvalue weighted by molar-refractivity contribution is 5.74. The van der Waals surface area contributed by atoms with E-state index in [0.29, 0.717) is 12.5 Å². The van der Waals surface area contributed by atoms with E-state index in [0.717, 1.165) is 24.2 Å². The molecule has 1 aromatic carbocycles. The van der Waals surface area contributed by atoms with Gasteiger partial charge in [0.2, 0.25) is 0 Å². The molecule has 0 aromatic heterocycles. The van der Waals surface area contributed by atoms with E-state index in [4.69, 9.17) is 9.84 Å². The van der Waals surface area contributed by atoms with E-state index in [2.05, 4.69) is 5.32 Å². The van der Waals surface area contributed by atoms with Crippen molar-refractivity contribution in [3.8, 4) is 5.75 Å². The second-order valence-corrected chi connectivity index (χ2v) is 4.38. The quantitative estimate of drug-likeness (QED) is 0.783. The minimum atomic E-state index is -0.785. The van der Waals surface area contributed by atoms with Crippen LogP contribution in [0, 0.1) is 0 Å². The lowest BCUT2D eigenvalue weighted by Gasteiger charge is -2.14. The Bertz CT molecular complexity index is 384. The van der Waals surface area contributed by atoms with Crippen molar-refractivity contribution in [1.29, 1.82) is 0 Å². The minimum Gasteiger partial charge on any atom is -0.497 e. The molecule has 2 N–H and O–H groups in total. The molecule has 0 bridgehead atoms. The van der Waals surface area contributed by atoms with Crippen LogP contribution in [0.5, 0.6) is 5.75 Å². The Hall–Kier alpha value is -1.55. The first-order chi connectivity index (χ1) is 8.19. The molecule has 1 aromatic rings. The number of ether oxygens (including phenoxy) is 1. The molecule has 0 heterocycles. The summed E-state index contributed by atoms with van der Waals surface area (Å²) in [5.41, 5.74) is 1.01. The number of carboxylic acids is 1. The number of carboxylic acid groups (broad SMARTS) is 1. The van der Waals surface area contributed by atoms with E-state index >= 15 is 0 Å². The molecule has 1 saturated carbocycles. The zero-order valence-electron chi connectivity index (χ0n) is 9.85. The average Bonchev–Trinajstić information content (AvgIpc) is 3.13. The minimum absolute atomic E-state index is 0.398. The van der Waals surface area contributed by atoms with Crippen LogP contribution in [0.25, 0.3) is 0 Å².